The highest BCUT2D eigenvalue weighted by molar-refractivity contribution is 9.11. The lowest BCUT2D eigenvalue weighted by Gasteiger charge is -2.25. The normalized spacial score (nSPS) is 15.3. The van der Waals surface area contributed by atoms with Crippen LogP contribution in [-0.2, 0) is 9.59 Å². The van der Waals surface area contributed by atoms with E-state index in [4.69, 9.17) is 23.2 Å². The van der Waals surface area contributed by atoms with Gasteiger partial charge in [0, 0.05) is 68.2 Å². The van der Waals surface area contributed by atoms with E-state index in [9.17, 15) is 9.59 Å². The summed E-state index contributed by atoms with van der Waals surface area (Å²) in [5.74, 6) is 0.0380. The maximum Gasteiger partial charge on any atom is 0.246 e. The van der Waals surface area contributed by atoms with Gasteiger partial charge in [-0.3, -0.25) is 9.59 Å². The maximum atomic E-state index is 13.0. The summed E-state index contributed by atoms with van der Waals surface area (Å²) in [4.78, 5) is 31.5. The second-order valence-corrected chi connectivity index (χ2v) is 15.7. The summed E-state index contributed by atoms with van der Waals surface area (Å²) in [6, 6.07) is 23.9. The summed E-state index contributed by atoms with van der Waals surface area (Å²) in [6.45, 7) is 3.18. The monoisotopic (exact) mass is 836 g/mol. The van der Waals surface area contributed by atoms with Crippen LogP contribution in [0.25, 0.3) is 34.4 Å². The van der Waals surface area contributed by atoms with E-state index < -0.39 is 0 Å². The molecule has 6 rings (SSSR count). The number of benzene rings is 4. The molecule has 4 aromatic rings. The average molecular weight is 840 g/mol. The average Bonchev–Trinajstić information content (AvgIpc) is 3.13. The first-order chi connectivity index (χ1) is 23.8. The maximum absolute atomic E-state index is 13.0. The molecule has 0 spiro atoms. The van der Waals surface area contributed by atoms with E-state index >= 15 is 0 Å². The molecule has 0 saturated carbocycles. The molecule has 0 unspecified atom stereocenters. The number of rotatable bonds is 8. The highest BCUT2D eigenvalue weighted by atomic mass is 79.9. The van der Waals surface area contributed by atoms with Crippen LogP contribution in [0.5, 0.6) is 0 Å². The molecule has 0 radical (unpaired) electrons. The van der Waals surface area contributed by atoms with Crippen molar-refractivity contribution in [3.05, 3.63) is 115 Å². The number of nitrogens with zero attached hydrogens (tertiary/aromatic N) is 2. The second-order valence-electron chi connectivity index (χ2n) is 12.2. The number of hydrogen-bond acceptors (Lipinski definition) is 3. The zero-order chi connectivity index (χ0) is 34.3. The molecule has 252 valence electrons. The Bertz CT molecular complexity index is 1780. The van der Waals surface area contributed by atoms with Crippen molar-refractivity contribution in [2.75, 3.05) is 26.2 Å². The van der Waals surface area contributed by atoms with Gasteiger partial charge in [0.1, 0.15) is 0 Å². The number of carbonyl (C=O) groups excluding carboxylic acids is 2. The third kappa shape index (κ3) is 8.57. The summed E-state index contributed by atoms with van der Waals surface area (Å²) in [7, 11) is 0. The minimum Gasteiger partial charge on any atom is -0.339 e. The lowest BCUT2D eigenvalue weighted by molar-refractivity contribution is -0.127. The Balaban J connectivity index is 1.38. The van der Waals surface area contributed by atoms with Crippen molar-refractivity contribution in [1.82, 2.24) is 9.80 Å². The lowest BCUT2D eigenvalue weighted by Crippen LogP contribution is -2.34. The largest absolute Gasteiger partial charge is 0.339 e. The van der Waals surface area contributed by atoms with Crippen molar-refractivity contribution < 1.29 is 9.59 Å². The van der Waals surface area contributed by atoms with Crippen molar-refractivity contribution in [1.29, 1.82) is 0 Å². The topological polar surface area (TPSA) is 40.6 Å². The van der Waals surface area contributed by atoms with Crippen molar-refractivity contribution in [3.63, 3.8) is 0 Å². The van der Waals surface area contributed by atoms with Crippen LogP contribution in [0.3, 0.4) is 0 Å². The molecule has 4 nitrogen and oxygen atoms in total. The predicted molar refractivity (Wildman–Crippen MR) is 212 cm³/mol. The number of likely N-dealkylation sites (tertiary alicyclic amines) is 2. The van der Waals surface area contributed by atoms with Crippen LogP contribution >= 0.6 is 66.8 Å². The van der Waals surface area contributed by atoms with Gasteiger partial charge in [0.15, 0.2) is 0 Å². The Morgan fingerprint density at radius 2 is 0.959 bits per heavy atom. The fraction of sp³-hybridized carbons (Fsp3) is 0.250. The van der Waals surface area contributed by atoms with E-state index in [-0.39, 0.29) is 11.8 Å². The van der Waals surface area contributed by atoms with Gasteiger partial charge in [-0.15, -0.1) is 0 Å². The van der Waals surface area contributed by atoms with Crippen LogP contribution in [-0.4, -0.2) is 47.8 Å². The Morgan fingerprint density at radius 1 is 0.571 bits per heavy atom. The SMILES string of the molecule is O=C(/C=C/c1ccc(Sc2ccc(/C=C/C(=O)N3CCCCC3)c(-c3ccccc3Br)c2Cl)c(Cl)c1-c1ccccc1Br)N1CCCCC1. The van der Waals surface area contributed by atoms with Gasteiger partial charge in [0.05, 0.1) is 10.0 Å². The van der Waals surface area contributed by atoms with Crippen molar-refractivity contribution in [2.45, 2.75) is 48.3 Å². The van der Waals surface area contributed by atoms with E-state index in [1.165, 1.54) is 24.6 Å². The van der Waals surface area contributed by atoms with Gasteiger partial charge in [-0.1, -0.05) is 115 Å². The zero-order valence-corrected chi connectivity index (χ0v) is 32.4. The highest BCUT2D eigenvalue weighted by Crippen LogP contribution is 2.48. The summed E-state index contributed by atoms with van der Waals surface area (Å²) in [5.41, 5.74) is 5.23. The van der Waals surface area contributed by atoms with Gasteiger partial charge in [0.25, 0.3) is 0 Å². The van der Waals surface area contributed by atoms with Crippen LogP contribution in [0.4, 0.5) is 0 Å². The molecule has 0 atom stereocenters. The van der Waals surface area contributed by atoms with Crippen molar-refractivity contribution in [2.24, 2.45) is 0 Å². The molecule has 0 aliphatic carbocycles. The molecule has 0 N–H and O–H groups in total. The number of carbonyl (C=O) groups is 2. The third-order valence-corrected chi connectivity index (χ3v) is 12.4. The van der Waals surface area contributed by atoms with Gasteiger partial charge >= 0.3 is 0 Å². The Kier molecular flexibility index (Phi) is 12.4. The molecule has 2 aliphatic rings. The molecule has 2 aliphatic heterocycles. The Hall–Kier alpha value is -2.81. The number of hydrogen-bond donors (Lipinski definition) is 0. The summed E-state index contributed by atoms with van der Waals surface area (Å²) < 4.78 is 1.81. The molecule has 2 heterocycles. The fourth-order valence-corrected chi connectivity index (χ4v) is 8.97. The van der Waals surface area contributed by atoms with Crippen LogP contribution in [0.1, 0.15) is 49.7 Å². The number of halogens is 4. The van der Waals surface area contributed by atoms with Gasteiger partial charge in [-0.25, -0.2) is 0 Å². The number of piperidine rings is 2. The van der Waals surface area contributed by atoms with E-state index in [0.717, 1.165) is 104 Å². The molecule has 4 aromatic carbocycles. The van der Waals surface area contributed by atoms with Crippen LogP contribution < -0.4 is 0 Å². The standard InChI is InChI=1S/C40H36Br2Cl2N2O2S/c41-31-13-5-3-11-29(31)37-27(17-21-35(47)45-23-7-1-8-24-45)15-19-33(39(37)43)49-34-20-16-28(18-22-36(48)46-25-9-2-10-26-46)38(40(34)44)30-12-4-6-14-32(30)42/h3-6,11-22H,1-2,7-10,23-26H2/b21-17+,22-18+. The molecule has 49 heavy (non-hydrogen) atoms. The predicted octanol–water partition coefficient (Wildman–Crippen LogP) is 12.1. The molecule has 2 saturated heterocycles. The molecule has 0 aromatic heterocycles. The van der Waals surface area contributed by atoms with Gasteiger partial charge in [0.2, 0.25) is 11.8 Å². The lowest BCUT2D eigenvalue weighted by atomic mass is 9.99. The van der Waals surface area contributed by atoms with E-state index in [2.05, 4.69) is 31.9 Å². The first kappa shape index (κ1) is 36.0. The molecule has 2 fully saturated rings. The van der Waals surface area contributed by atoms with Crippen LogP contribution in [0.2, 0.25) is 10.0 Å². The zero-order valence-electron chi connectivity index (χ0n) is 26.9. The molecule has 2 amide bonds. The molecular formula is C40H36Br2Cl2N2O2S. The van der Waals surface area contributed by atoms with Crippen molar-refractivity contribution >= 4 is 90.8 Å². The van der Waals surface area contributed by atoms with Gasteiger partial charge < -0.3 is 9.80 Å². The fourth-order valence-electron chi connectivity index (χ4n) is 6.33. The Labute approximate surface area is 319 Å². The summed E-state index contributed by atoms with van der Waals surface area (Å²) >= 11 is 23.5. The molecule has 9 heteroatoms. The quantitative estimate of drug-likeness (QED) is 0.166. The van der Waals surface area contributed by atoms with Crippen molar-refractivity contribution in [3.8, 4) is 22.3 Å². The third-order valence-electron chi connectivity index (χ3n) is 8.93. The van der Waals surface area contributed by atoms with Gasteiger partial charge in [-0.05, 0) is 97.2 Å². The number of amides is 2. The minimum absolute atomic E-state index is 0.0190. The highest BCUT2D eigenvalue weighted by Gasteiger charge is 2.21. The van der Waals surface area contributed by atoms with Crippen LogP contribution in [0, 0.1) is 0 Å². The first-order valence-electron chi connectivity index (χ1n) is 16.6. The smallest absolute Gasteiger partial charge is 0.246 e. The van der Waals surface area contributed by atoms with E-state index in [1.54, 1.807) is 12.2 Å². The van der Waals surface area contributed by atoms with Crippen LogP contribution in [0.15, 0.2) is 104 Å². The van der Waals surface area contributed by atoms with E-state index in [1.807, 2.05) is 94.7 Å². The summed E-state index contributed by atoms with van der Waals surface area (Å²) in [5, 5.41) is 1.14. The summed E-state index contributed by atoms with van der Waals surface area (Å²) in [6.07, 6.45) is 13.6. The van der Waals surface area contributed by atoms with Gasteiger partial charge in [-0.2, -0.15) is 0 Å². The minimum atomic E-state index is 0.0190. The van der Waals surface area contributed by atoms with E-state index in [0.29, 0.717) is 10.0 Å². The second kappa shape index (κ2) is 16.9. The molecule has 0 bridgehead atoms. The first-order valence-corrected chi connectivity index (χ1v) is 19.7. The molecular weight excluding hydrogens is 803 g/mol. The Morgan fingerprint density at radius 3 is 1.35 bits per heavy atom.